The van der Waals surface area contributed by atoms with E-state index in [1.165, 1.54) is 6.42 Å². The van der Waals surface area contributed by atoms with E-state index in [4.69, 9.17) is 14.2 Å². The smallest absolute Gasteiger partial charge is 0.246 e. The zero-order chi connectivity index (χ0) is 27.6. The number of anilines is 1. The summed E-state index contributed by atoms with van der Waals surface area (Å²) in [4.78, 5) is 43.1. The molecule has 1 aromatic rings. The molecule has 3 fully saturated rings. The molecule has 7 atom stereocenters. The van der Waals surface area contributed by atoms with Crippen LogP contribution in [-0.4, -0.2) is 72.8 Å². The Kier molecular flexibility index (Phi) is 8.28. The molecule has 1 spiro atoms. The molecule has 3 aliphatic heterocycles. The number of hydrogen-bond acceptors (Lipinski definition) is 6. The number of carbonyl (C=O) groups is 3. The first-order valence-electron chi connectivity index (χ1n) is 14.5. The average molecular weight is 540 g/mol. The highest BCUT2D eigenvalue weighted by molar-refractivity contribution is 6.02. The Bertz CT molecular complexity index is 1090. The van der Waals surface area contributed by atoms with Crippen LogP contribution in [0, 0.1) is 17.8 Å². The first-order chi connectivity index (χ1) is 18.9. The maximum Gasteiger partial charge on any atom is 0.246 e. The zero-order valence-corrected chi connectivity index (χ0v) is 23.2. The van der Waals surface area contributed by atoms with Crippen LogP contribution in [0.5, 0.6) is 5.75 Å². The van der Waals surface area contributed by atoms with Crippen molar-refractivity contribution in [1.82, 2.24) is 10.2 Å². The summed E-state index contributed by atoms with van der Waals surface area (Å²) in [6.45, 7) is 8.01. The van der Waals surface area contributed by atoms with Crippen molar-refractivity contribution in [3.8, 4) is 5.75 Å². The van der Waals surface area contributed by atoms with Crippen LogP contribution in [0.25, 0.3) is 0 Å². The molecular formula is C30H41N3O6. The van der Waals surface area contributed by atoms with Crippen molar-refractivity contribution in [3.05, 3.63) is 36.4 Å². The van der Waals surface area contributed by atoms with Gasteiger partial charge in [-0.2, -0.15) is 0 Å². The minimum Gasteiger partial charge on any atom is -0.494 e. The Labute approximate surface area is 230 Å². The lowest BCUT2D eigenvalue weighted by atomic mass is 9.74. The maximum atomic E-state index is 14.0. The number of nitrogens with zero attached hydrogens (tertiary/aromatic N) is 1. The molecule has 39 heavy (non-hydrogen) atoms. The van der Waals surface area contributed by atoms with Gasteiger partial charge in [-0.25, -0.2) is 0 Å². The number of hydrogen-bond donors (Lipinski definition) is 2. The molecule has 0 unspecified atom stereocenters. The summed E-state index contributed by atoms with van der Waals surface area (Å²) in [5, 5.41) is 6.22. The predicted octanol–water partition coefficient (Wildman–Crippen LogP) is 3.30. The summed E-state index contributed by atoms with van der Waals surface area (Å²) in [6.07, 6.45) is 8.00. The molecule has 9 heteroatoms. The second kappa shape index (κ2) is 11.7. The van der Waals surface area contributed by atoms with Crippen LogP contribution in [0.3, 0.4) is 0 Å². The maximum absolute atomic E-state index is 14.0. The van der Waals surface area contributed by atoms with E-state index in [1.54, 1.807) is 29.2 Å². The molecule has 1 aromatic carbocycles. The molecule has 2 saturated heterocycles. The highest BCUT2D eigenvalue weighted by atomic mass is 16.5. The van der Waals surface area contributed by atoms with Gasteiger partial charge in [-0.05, 0) is 63.3 Å². The minimum atomic E-state index is -1.16. The van der Waals surface area contributed by atoms with Gasteiger partial charge in [0.05, 0.1) is 24.5 Å². The summed E-state index contributed by atoms with van der Waals surface area (Å²) in [5.41, 5.74) is -0.542. The number of rotatable bonds is 11. The Hall–Kier alpha value is -2.91. The van der Waals surface area contributed by atoms with E-state index in [2.05, 4.69) is 17.6 Å². The van der Waals surface area contributed by atoms with E-state index in [9.17, 15) is 14.4 Å². The molecule has 1 saturated carbocycles. The van der Waals surface area contributed by atoms with Crippen molar-refractivity contribution in [3.63, 3.8) is 0 Å². The summed E-state index contributed by atoms with van der Waals surface area (Å²) in [5.74, 6) is -1.08. The summed E-state index contributed by atoms with van der Waals surface area (Å²) < 4.78 is 17.4. The number of likely N-dealkylation sites (tertiary alicyclic amines) is 1. The third kappa shape index (κ3) is 5.18. The van der Waals surface area contributed by atoms with Gasteiger partial charge in [0.2, 0.25) is 17.7 Å². The molecule has 2 bridgehead atoms. The third-order valence-corrected chi connectivity index (χ3v) is 8.69. The second-order valence-corrected chi connectivity index (χ2v) is 11.1. The van der Waals surface area contributed by atoms with Crippen molar-refractivity contribution in [2.45, 2.75) is 76.7 Å². The van der Waals surface area contributed by atoms with Gasteiger partial charge in [-0.1, -0.05) is 31.9 Å². The molecule has 3 heterocycles. The number of benzene rings is 1. The molecule has 5 rings (SSSR count). The van der Waals surface area contributed by atoms with Gasteiger partial charge < -0.3 is 29.7 Å². The van der Waals surface area contributed by atoms with Gasteiger partial charge in [0.15, 0.2) is 0 Å². The Morgan fingerprint density at radius 1 is 1.10 bits per heavy atom. The summed E-state index contributed by atoms with van der Waals surface area (Å²) in [6, 6.07) is 6.40. The third-order valence-electron chi connectivity index (χ3n) is 8.69. The number of amides is 3. The van der Waals surface area contributed by atoms with E-state index in [0.29, 0.717) is 44.4 Å². The first kappa shape index (κ1) is 27.6. The van der Waals surface area contributed by atoms with E-state index >= 15 is 0 Å². The lowest BCUT2D eigenvalue weighted by Gasteiger charge is -2.36. The Morgan fingerprint density at radius 2 is 1.87 bits per heavy atom. The van der Waals surface area contributed by atoms with E-state index < -0.39 is 29.6 Å². The molecule has 2 N–H and O–H groups in total. The normalized spacial score (nSPS) is 32.8. The Balaban J connectivity index is 1.38. The molecule has 9 nitrogen and oxygen atoms in total. The highest BCUT2D eigenvalue weighted by Crippen LogP contribution is 2.55. The van der Waals surface area contributed by atoms with Crippen LogP contribution in [-0.2, 0) is 23.9 Å². The molecule has 4 aliphatic rings. The fourth-order valence-corrected chi connectivity index (χ4v) is 6.81. The summed E-state index contributed by atoms with van der Waals surface area (Å²) in [7, 11) is 0. The van der Waals surface area contributed by atoms with Gasteiger partial charge in [-0.15, -0.1) is 0 Å². The molecule has 0 aromatic heterocycles. The lowest BCUT2D eigenvalue weighted by molar-refractivity contribution is -0.141. The Morgan fingerprint density at radius 3 is 2.59 bits per heavy atom. The fraction of sp³-hybridized carbons (Fsp3) is 0.633. The van der Waals surface area contributed by atoms with Crippen LogP contribution < -0.4 is 15.4 Å². The van der Waals surface area contributed by atoms with Crippen molar-refractivity contribution < 1.29 is 28.6 Å². The second-order valence-electron chi connectivity index (χ2n) is 11.1. The SMILES string of the molecule is CCOCCCN1C(=O)[C@@H]2[C@H](C(=O)Nc3ccc(OCC)cc3)[C@@H]3C=C[C@@]2(O3)[C@@H]1C(=O)N[C@@H]1CCCC[C@H]1C. The van der Waals surface area contributed by atoms with E-state index in [0.717, 1.165) is 25.0 Å². The van der Waals surface area contributed by atoms with Gasteiger partial charge in [0, 0.05) is 31.5 Å². The topological polar surface area (TPSA) is 106 Å². The zero-order valence-electron chi connectivity index (χ0n) is 23.2. The van der Waals surface area contributed by atoms with Crippen molar-refractivity contribution in [2.24, 2.45) is 17.8 Å². The first-order valence-corrected chi connectivity index (χ1v) is 14.5. The van der Waals surface area contributed by atoms with Crippen molar-refractivity contribution in [2.75, 3.05) is 31.7 Å². The number of fused-ring (bicyclic) bond motifs is 1. The van der Waals surface area contributed by atoms with E-state index in [-0.39, 0.29) is 23.8 Å². The van der Waals surface area contributed by atoms with Gasteiger partial charge >= 0.3 is 0 Å². The molecule has 212 valence electrons. The van der Waals surface area contributed by atoms with Gasteiger partial charge in [0.25, 0.3) is 0 Å². The largest absolute Gasteiger partial charge is 0.494 e. The van der Waals surface area contributed by atoms with Gasteiger partial charge in [0.1, 0.15) is 17.4 Å². The van der Waals surface area contributed by atoms with Crippen molar-refractivity contribution in [1.29, 1.82) is 0 Å². The molecular weight excluding hydrogens is 498 g/mol. The minimum absolute atomic E-state index is 0.0726. The monoisotopic (exact) mass is 539 g/mol. The van der Waals surface area contributed by atoms with Crippen molar-refractivity contribution >= 4 is 23.4 Å². The van der Waals surface area contributed by atoms with Crippen LogP contribution in [0.1, 0.15) is 52.9 Å². The van der Waals surface area contributed by atoms with Crippen LogP contribution in [0.15, 0.2) is 36.4 Å². The quantitative estimate of drug-likeness (QED) is 0.330. The molecule has 1 aliphatic carbocycles. The number of ether oxygens (including phenoxy) is 3. The van der Waals surface area contributed by atoms with Crippen LogP contribution in [0.2, 0.25) is 0 Å². The standard InChI is InChI=1S/C30H41N3O6/c1-4-37-18-8-17-33-26(28(35)32-22-10-7-6-9-19(22)3)30-16-15-23(39-30)24(25(30)29(33)36)27(34)31-20-11-13-21(14-12-20)38-5-2/h11-16,19,22-26H,4-10,17-18H2,1-3H3,(H,31,34)(H,32,35)/t19-,22-,23+,24-,25+,26+,30+/m1/s1. The average Bonchev–Trinajstić information content (AvgIpc) is 3.56. The number of carbonyl (C=O) groups excluding carboxylic acids is 3. The highest BCUT2D eigenvalue weighted by Gasteiger charge is 2.72. The lowest BCUT2D eigenvalue weighted by Crippen LogP contribution is -2.57. The molecule has 3 amide bonds. The van der Waals surface area contributed by atoms with Crippen LogP contribution >= 0.6 is 0 Å². The van der Waals surface area contributed by atoms with Crippen LogP contribution in [0.4, 0.5) is 5.69 Å². The fourth-order valence-electron chi connectivity index (χ4n) is 6.81. The van der Waals surface area contributed by atoms with Gasteiger partial charge in [-0.3, -0.25) is 14.4 Å². The summed E-state index contributed by atoms with van der Waals surface area (Å²) >= 11 is 0. The number of nitrogens with one attached hydrogen (secondary N) is 2. The van der Waals surface area contributed by atoms with E-state index in [1.807, 2.05) is 26.0 Å². The predicted molar refractivity (Wildman–Crippen MR) is 146 cm³/mol. The molecule has 0 radical (unpaired) electrons.